The van der Waals surface area contributed by atoms with E-state index in [-0.39, 0.29) is 0 Å². The molecule has 24 heavy (non-hydrogen) atoms. The van der Waals surface area contributed by atoms with E-state index in [0.29, 0.717) is 0 Å². The first-order valence-corrected chi connectivity index (χ1v) is 15.3. The molecule has 7 unspecified atom stereocenters. The molecule has 0 nitrogen and oxygen atoms in total. The standard InChI is InChI=1S/C21H32S2Si/c1-13-12-14-6-4-5-7-15(14)20(13)24(2,3)21-18-16(8-10-22-18)17-9-11-23-19(17)21/h8-11,13-21H,4-7,12H2,1-3H3/t13?,14?,15?,16-,17+,18?,19?,20?,21?. The maximum Gasteiger partial charge on any atom is 0.0566 e. The van der Waals surface area contributed by atoms with Gasteiger partial charge in [-0.25, -0.2) is 0 Å². The van der Waals surface area contributed by atoms with Gasteiger partial charge in [0.05, 0.1) is 8.07 Å². The molecular weight excluding hydrogens is 344 g/mol. The Morgan fingerprint density at radius 1 is 0.875 bits per heavy atom. The van der Waals surface area contributed by atoms with Crippen LogP contribution in [0.4, 0.5) is 0 Å². The first-order valence-electron chi connectivity index (χ1n) is 10.2. The van der Waals surface area contributed by atoms with Crippen molar-refractivity contribution in [2.45, 2.75) is 73.7 Å². The van der Waals surface area contributed by atoms with Gasteiger partial charge in [-0.2, -0.15) is 0 Å². The zero-order valence-corrected chi connectivity index (χ0v) is 18.0. The van der Waals surface area contributed by atoms with Gasteiger partial charge in [0.2, 0.25) is 0 Å². The predicted molar refractivity (Wildman–Crippen MR) is 112 cm³/mol. The lowest BCUT2D eigenvalue weighted by Crippen LogP contribution is -2.47. The summed E-state index contributed by atoms with van der Waals surface area (Å²) in [5.74, 6) is 4.87. The molecule has 3 heteroatoms. The highest BCUT2D eigenvalue weighted by Crippen LogP contribution is 2.66. The molecular formula is C21H32S2Si. The van der Waals surface area contributed by atoms with Gasteiger partial charge in [0.15, 0.2) is 0 Å². The van der Waals surface area contributed by atoms with E-state index in [1.54, 1.807) is 19.3 Å². The Morgan fingerprint density at radius 3 is 2.17 bits per heavy atom. The summed E-state index contributed by atoms with van der Waals surface area (Å²) in [6.45, 7) is 8.25. The van der Waals surface area contributed by atoms with Crippen molar-refractivity contribution in [2.24, 2.45) is 29.6 Å². The topological polar surface area (TPSA) is 0 Å². The molecule has 9 atom stereocenters. The molecule has 3 saturated carbocycles. The van der Waals surface area contributed by atoms with E-state index < -0.39 is 8.07 Å². The van der Waals surface area contributed by atoms with E-state index >= 15 is 0 Å². The Kier molecular flexibility index (Phi) is 4.11. The van der Waals surface area contributed by atoms with Crippen LogP contribution in [0.3, 0.4) is 0 Å². The van der Waals surface area contributed by atoms with Crippen LogP contribution in [0.1, 0.15) is 39.0 Å². The van der Waals surface area contributed by atoms with Gasteiger partial charge in [-0.15, -0.1) is 23.5 Å². The normalized spacial score (nSPS) is 52.5. The van der Waals surface area contributed by atoms with Gasteiger partial charge < -0.3 is 0 Å². The van der Waals surface area contributed by atoms with Gasteiger partial charge in [-0.05, 0) is 57.9 Å². The van der Waals surface area contributed by atoms with Crippen molar-refractivity contribution in [3.05, 3.63) is 23.0 Å². The van der Waals surface area contributed by atoms with E-state index in [4.69, 9.17) is 0 Å². The maximum absolute atomic E-state index is 2.81. The highest BCUT2D eigenvalue weighted by Gasteiger charge is 2.61. The minimum Gasteiger partial charge on any atom is -0.130 e. The Labute approximate surface area is 157 Å². The fraction of sp³-hybridized carbons (Fsp3) is 0.810. The Hall–Kier alpha value is 0.397. The molecule has 5 aliphatic rings. The summed E-state index contributed by atoms with van der Waals surface area (Å²) in [6, 6.07) is 0. The lowest BCUT2D eigenvalue weighted by atomic mass is 9.82. The molecule has 0 amide bonds. The Balaban J connectivity index is 1.48. The molecule has 2 aliphatic heterocycles. The van der Waals surface area contributed by atoms with Crippen molar-refractivity contribution in [3.63, 3.8) is 0 Å². The van der Waals surface area contributed by atoms with Gasteiger partial charge >= 0.3 is 0 Å². The van der Waals surface area contributed by atoms with E-state index in [2.05, 4.69) is 66.5 Å². The Morgan fingerprint density at radius 2 is 1.50 bits per heavy atom. The van der Waals surface area contributed by atoms with Crippen LogP contribution < -0.4 is 0 Å². The van der Waals surface area contributed by atoms with Crippen molar-refractivity contribution in [1.82, 2.24) is 0 Å². The quantitative estimate of drug-likeness (QED) is 0.487. The van der Waals surface area contributed by atoms with Crippen LogP contribution in [0.5, 0.6) is 0 Å². The van der Waals surface area contributed by atoms with E-state index in [9.17, 15) is 0 Å². The van der Waals surface area contributed by atoms with Crippen molar-refractivity contribution < 1.29 is 0 Å². The summed E-state index contributed by atoms with van der Waals surface area (Å²) >= 11 is 4.40. The molecule has 0 N–H and O–H groups in total. The van der Waals surface area contributed by atoms with Gasteiger partial charge in [-0.3, -0.25) is 0 Å². The third-order valence-corrected chi connectivity index (χ3v) is 16.5. The fourth-order valence-corrected chi connectivity index (χ4v) is 18.7. The van der Waals surface area contributed by atoms with Crippen molar-refractivity contribution in [1.29, 1.82) is 0 Å². The fourth-order valence-electron chi connectivity index (χ4n) is 7.79. The largest absolute Gasteiger partial charge is 0.130 e. The monoisotopic (exact) mass is 376 g/mol. The van der Waals surface area contributed by atoms with E-state index in [1.807, 2.05) is 0 Å². The summed E-state index contributed by atoms with van der Waals surface area (Å²) in [6.07, 6.45) is 12.8. The predicted octanol–water partition coefficient (Wildman–Crippen LogP) is 6.79. The van der Waals surface area contributed by atoms with Crippen LogP contribution in [-0.2, 0) is 0 Å². The first kappa shape index (κ1) is 16.6. The zero-order chi connectivity index (χ0) is 16.5. The smallest absolute Gasteiger partial charge is 0.0566 e. The van der Waals surface area contributed by atoms with Crippen LogP contribution in [-0.4, -0.2) is 18.6 Å². The summed E-state index contributed by atoms with van der Waals surface area (Å²) < 4.78 is 0. The number of hydrogen-bond donors (Lipinski definition) is 0. The molecule has 0 aromatic heterocycles. The minimum absolute atomic E-state index is 0.849. The second kappa shape index (κ2) is 5.95. The SMILES string of the molecule is CC1CC2CCCCC2C1[Si](C)(C)C1C2SC=C[C@H]2[C@H]2C=CSC12. The molecule has 3 fully saturated rings. The molecule has 132 valence electrons. The van der Waals surface area contributed by atoms with Crippen molar-refractivity contribution in [2.75, 3.05) is 0 Å². The average Bonchev–Trinajstić information content (AvgIpc) is 3.25. The van der Waals surface area contributed by atoms with Gasteiger partial charge in [-0.1, -0.05) is 57.9 Å². The number of thioether (sulfide) groups is 2. The van der Waals surface area contributed by atoms with Crippen molar-refractivity contribution in [3.8, 4) is 0 Å². The zero-order valence-electron chi connectivity index (χ0n) is 15.4. The summed E-state index contributed by atoms with van der Waals surface area (Å²) in [5, 5.41) is 6.71. The number of allylic oxidation sites excluding steroid dienone is 2. The number of rotatable bonds is 2. The maximum atomic E-state index is 2.81. The molecule has 0 aromatic rings. The third kappa shape index (κ3) is 2.26. The van der Waals surface area contributed by atoms with Crippen molar-refractivity contribution >= 4 is 31.6 Å². The van der Waals surface area contributed by atoms with Gasteiger partial charge in [0.1, 0.15) is 0 Å². The van der Waals surface area contributed by atoms with Crippen LogP contribution in [0.2, 0.25) is 24.2 Å². The Bertz CT molecular complexity index is 542. The minimum atomic E-state index is -1.30. The second-order valence-corrected chi connectivity index (χ2v) is 17.0. The molecule has 2 heterocycles. The highest BCUT2D eigenvalue weighted by atomic mass is 32.2. The van der Waals surface area contributed by atoms with Crippen LogP contribution in [0.15, 0.2) is 23.0 Å². The molecule has 0 bridgehead atoms. The lowest BCUT2D eigenvalue weighted by molar-refractivity contribution is 0.274. The molecule has 5 rings (SSSR count). The first-order chi connectivity index (χ1) is 11.6. The lowest BCUT2D eigenvalue weighted by Gasteiger charge is -2.46. The molecule has 3 aliphatic carbocycles. The molecule has 0 spiro atoms. The molecule has 0 radical (unpaired) electrons. The summed E-state index contributed by atoms with van der Waals surface area (Å²) in [7, 11) is -1.30. The van der Waals surface area contributed by atoms with Gasteiger partial charge in [0, 0.05) is 10.5 Å². The number of hydrogen-bond acceptors (Lipinski definition) is 2. The van der Waals surface area contributed by atoms with Crippen LogP contribution in [0, 0.1) is 29.6 Å². The van der Waals surface area contributed by atoms with Crippen LogP contribution in [0.25, 0.3) is 0 Å². The van der Waals surface area contributed by atoms with Gasteiger partial charge in [0.25, 0.3) is 0 Å². The highest BCUT2D eigenvalue weighted by molar-refractivity contribution is 8.04. The van der Waals surface area contributed by atoms with Crippen LogP contribution >= 0.6 is 23.5 Å². The third-order valence-electron chi connectivity index (χ3n) is 8.42. The summed E-state index contributed by atoms with van der Waals surface area (Å²) in [4.78, 5) is 0. The molecule has 0 aromatic carbocycles. The number of fused-ring (bicyclic) bond motifs is 4. The molecule has 0 saturated heterocycles. The average molecular weight is 377 g/mol. The van der Waals surface area contributed by atoms with E-state index in [1.165, 1.54) is 12.8 Å². The summed E-state index contributed by atoms with van der Waals surface area (Å²) in [5.41, 5.74) is 2.11. The second-order valence-electron chi connectivity index (χ2n) is 9.81. The van der Waals surface area contributed by atoms with E-state index in [0.717, 1.165) is 51.2 Å².